The Bertz CT molecular complexity index is 1070. The van der Waals surface area contributed by atoms with Gasteiger partial charge in [0.25, 0.3) is 5.91 Å². The monoisotopic (exact) mass is 443 g/mol. The van der Waals surface area contributed by atoms with E-state index in [1.165, 1.54) is 19.3 Å². The van der Waals surface area contributed by atoms with Crippen LogP contribution in [0.4, 0.5) is 17.1 Å². The van der Waals surface area contributed by atoms with Gasteiger partial charge in [-0.15, -0.1) is 0 Å². The third-order valence-corrected chi connectivity index (χ3v) is 6.60. The highest BCUT2D eigenvalue weighted by Crippen LogP contribution is 2.40. The Morgan fingerprint density at radius 2 is 1.88 bits per heavy atom. The van der Waals surface area contributed by atoms with Gasteiger partial charge in [0, 0.05) is 35.1 Å². The first-order chi connectivity index (χ1) is 15.9. The van der Waals surface area contributed by atoms with Crippen LogP contribution in [0.15, 0.2) is 47.5 Å². The zero-order valence-corrected chi connectivity index (χ0v) is 19.6. The molecule has 1 aliphatic carbocycles. The Morgan fingerprint density at radius 1 is 1.15 bits per heavy atom. The maximum absolute atomic E-state index is 13.9. The van der Waals surface area contributed by atoms with Crippen molar-refractivity contribution in [3.05, 3.63) is 53.6 Å². The van der Waals surface area contributed by atoms with Gasteiger partial charge in [-0.1, -0.05) is 19.3 Å². The fourth-order valence-electron chi connectivity index (χ4n) is 4.80. The lowest BCUT2D eigenvalue weighted by Gasteiger charge is -2.28. The van der Waals surface area contributed by atoms with Crippen molar-refractivity contribution in [2.75, 3.05) is 23.3 Å². The first-order valence-electron chi connectivity index (χ1n) is 12.0. The Balaban J connectivity index is 1.80. The highest BCUT2D eigenvalue weighted by atomic mass is 16.2. The molecule has 1 heterocycles. The number of carbonyl (C=O) groups excluding carboxylic acids is 1. The molecule has 4 rings (SSSR count). The molecule has 0 spiro atoms. The third-order valence-electron chi connectivity index (χ3n) is 6.60. The van der Waals surface area contributed by atoms with Crippen molar-refractivity contribution in [1.82, 2.24) is 0 Å². The SMILES string of the molecule is CC1(C)N=C(C2CCCCC2)c2ccc(C#N)cc2N(c2ccc(NCCCN)cc2)C1=O. The molecular weight excluding hydrogens is 410 g/mol. The second-order valence-electron chi connectivity index (χ2n) is 9.49. The maximum Gasteiger partial charge on any atom is 0.258 e. The van der Waals surface area contributed by atoms with E-state index in [0.717, 1.165) is 54.1 Å². The van der Waals surface area contributed by atoms with Gasteiger partial charge in [0.1, 0.15) is 5.54 Å². The average Bonchev–Trinajstić information content (AvgIpc) is 2.92. The molecule has 0 bridgehead atoms. The number of hydrogen-bond acceptors (Lipinski definition) is 5. The highest BCUT2D eigenvalue weighted by molar-refractivity contribution is 6.17. The van der Waals surface area contributed by atoms with Gasteiger partial charge in [-0.25, -0.2) is 0 Å². The van der Waals surface area contributed by atoms with Crippen molar-refractivity contribution in [3.63, 3.8) is 0 Å². The van der Waals surface area contributed by atoms with E-state index in [1.807, 2.05) is 56.3 Å². The lowest BCUT2D eigenvalue weighted by Crippen LogP contribution is -2.41. The number of carbonyl (C=O) groups is 1. The predicted octanol–water partition coefficient (Wildman–Crippen LogP) is 5.15. The number of benzodiazepines with no additional fused rings is 1. The van der Waals surface area contributed by atoms with Gasteiger partial charge in [-0.2, -0.15) is 5.26 Å². The number of aliphatic imine (C=N–C) groups is 1. The summed E-state index contributed by atoms with van der Waals surface area (Å²) in [6.07, 6.45) is 6.70. The van der Waals surface area contributed by atoms with Gasteiger partial charge in [0.15, 0.2) is 0 Å². The molecule has 2 aromatic rings. The number of fused-ring (bicyclic) bond motifs is 1. The summed E-state index contributed by atoms with van der Waals surface area (Å²) in [5.74, 6) is 0.250. The summed E-state index contributed by atoms with van der Waals surface area (Å²) in [4.78, 5) is 20.7. The van der Waals surface area contributed by atoms with E-state index in [2.05, 4.69) is 11.4 Å². The summed E-state index contributed by atoms with van der Waals surface area (Å²) in [6, 6.07) is 15.7. The smallest absolute Gasteiger partial charge is 0.258 e. The summed E-state index contributed by atoms with van der Waals surface area (Å²) in [7, 11) is 0. The lowest BCUT2D eigenvalue weighted by molar-refractivity contribution is -0.121. The van der Waals surface area contributed by atoms with Crippen molar-refractivity contribution in [2.45, 2.75) is 57.9 Å². The number of nitrogens with one attached hydrogen (secondary N) is 1. The van der Waals surface area contributed by atoms with Gasteiger partial charge in [0.05, 0.1) is 17.3 Å². The van der Waals surface area contributed by atoms with Gasteiger partial charge >= 0.3 is 0 Å². The van der Waals surface area contributed by atoms with E-state index in [-0.39, 0.29) is 5.91 Å². The summed E-state index contributed by atoms with van der Waals surface area (Å²) in [5, 5.41) is 12.9. The summed E-state index contributed by atoms with van der Waals surface area (Å²) < 4.78 is 0. The van der Waals surface area contributed by atoms with Crippen molar-refractivity contribution >= 4 is 28.7 Å². The van der Waals surface area contributed by atoms with Crippen molar-refractivity contribution in [3.8, 4) is 6.07 Å². The van der Waals surface area contributed by atoms with E-state index < -0.39 is 5.54 Å². The van der Waals surface area contributed by atoms with Gasteiger partial charge in [-0.05, 0) is 82.1 Å². The van der Waals surface area contributed by atoms with Crippen LogP contribution in [0, 0.1) is 17.2 Å². The van der Waals surface area contributed by atoms with E-state index in [1.54, 1.807) is 4.90 Å². The number of rotatable bonds is 6. The lowest BCUT2D eigenvalue weighted by atomic mass is 9.82. The number of nitriles is 1. The fourth-order valence-corrected chi connectivity index (χ4v) is 4.80. The molecule has 1 aliphatic heterocycles. The maximum atomic E-state index is 13.9. The molecule has 0 radical (unpaired) electrons. The Labute approximate surface area is 196 Å². The molecule has 1 saturated carbocycles. The van der Waals surface area contributed by atoms with E-state index in [0.29, 0.717) is 18.0 Å². The topological polar surface area (TPSA) is 94.5 Å². The molecule has 2 aromatic carbocycles. The van der Waals surface area contributed by atoms with Crippen LogP contribution in [0.1, 0.15) is 63.5 Å². The molecule has 1 fully saturated rings. The van der Waals surface area contributed by atoms with E-state index in [9.17, 15) is 10.1 Å². The average molecular weight is 444 g/mol. The minimum absolute atomic E-state index is 0.0894. The third kappa shape index (κ3) is 4.79. The second kappa shape index (κ2) is 9.76. The van der Waals surface area contributed by atoms with Crippen LogP contribution in [0.3, 0.4) is 0 Å². The van der Waals surface area contributed by atoms with Crippen LogP contribution in [0.2, 0.25) is 0 Å². The minimum Gasteiger partial charge on any atom is -0.385 e. The number of amides is 1. The van der Waals surface area contributed by atoms with Gasteiger partial charge < -0.3 is 11.1 Å². The number of anilines is 3. The molecule has 6 heteroatoms. The Kier molecular flexibility index (Phi) is 6.80. The van der Waals surface area contributed by atoms with E-state index in [4.69, 9.17) is 10.7 Å². The summed E-state index contributed by atoms with van der Waals surface area (Å²) in [6.45, 7) is 5.23. The Hall–Kier alpha value is -3.17. The van der Waals surface area contributed by atoms with Crippen LogP contribution >= 0.6 is 0 Å². The first-order valence-corrected chi connectivity index (χ1v) is 12.0. The molecule has 1 amide bonds. The van der Waals surface area contributed by atoms with Crippen LogP contribution in [-0.2, 0) is 4.79 Å². The van der Waals surface area contributed by atoms with Crippen molar-refractivity contribution in [2.24, 2.45) is 16.6 Å². The number of hydrogen-bond donors (Lipinski definition) is 2. The van der Waals surface area contributed by atoms with E-state index >= 15 is 0 Å². The first kappa shape index (κ1) is 23.0. The molecule has 33 heavy (non-hydrogen) atoms. The molecule has 6 nitrogen and oxygen atoms in total. The molecule has 0 atom stereocenters. The summed E-state index contributed by atoms with van der Waals surface area (Å²) >= 11 is 0. The molecule has 0 unspecified atom stereocenters. The van der Waals surface area contributed by atoms with Gasteiger partial charge in [-0.3, -0.25) is 14.7 Å². The molecule has 2 aliphatic rings. The fraction of sp³-hybridized carbons (Fsp3) is 0.444. The molecule has 0 aromatic heterocycles. The molecule has 3 N–H and O–H groups in total. The largest absolute Gasteiger partial charge is 0.385 e. The predicted molar refractivity (Wildman–Crippen MR) is 134 cm³/mol. The zero-order chi connectivity index (χ0) is 23.4. The summed E-state index contributed by atoms with van der Waals surface area (Å²) in [5.41, 5.74) is 9.69. The molecule has 172 valence electrons. The molecular formula is C27H33N5O. The standard InChI is InChI=1S/C27H33N5O/c1-27(2)26(33)32(22-12-10-21(11-13-22)30-16-6-15-28)24-17-19(18-29)9-14-23(24)25(31-27)20-7-4-3-5-8-20/h9-14,17,20,30H,3-8,15-16,28H2,1-2H3. The zero-order valence-electron chi connectivity index (χ0n) is 19.6. The van der Waals surface area contributed by atoms with Crippen molar-refractivity contribution < 1.29 is 4.79 Å². The van der Waals surface area contributed by atoms with Crippen LogP contribution in [0.25, 0.3) is 0 Å². The second-order valence-corrected chi connectivity index (χ2v) is 9.49. The minimum atomic E-state index is -0.906. The number of nitrogens with zero attached hydrogens (tertiary/aromatic N) is 3. The number of nitrogens with two attached hydrogens (primary N) is 1. The Morgan fingerprint density at radius 3 is 2.55 bits per heavy atom. The van der Waals surface area contributed by atoms with Crippen LogP contribution in [0.5, 0.6) is 0 Å². The number of benzene rings is 2. The highest BCUT2D eigenvalue weighted by Gasteiger charge is 2.40. The van der Waals surface area contributed by atoms with Gasteiger partial charge in [0.2, 0.25) is 0 Å². The normalized spacial score (nSPS) is 18.2. The van der Waals surface area contributed by atoms with Crippen molar-refractivity contribution in [1.29, 1.82) is 5.26 Å². The van der Waals surface area contributed by atoms with Crippen LogP contribution < -0.4 is 16.0 Å². The molecule has 0 saturated heterocycles. The van der Waals surface area contributed by atoms with Crippen LogP contribution in [-0.4, -0.2) is 30.2 Å². The quantitative estimate of drug-likeness (QED) is 0.604.